The maximum Gasteiger partial charge on any atom is 0.243 e. The van der Waals surface area contributed by atoms with Crippen LogP contribution in [0.5, 0.6) is 0 Å². The number of carbonyl (C=O) groups is 1. The Morgan fingerprint density at radius 3 is 2.54 bits per heavy atom. The van der Waals surface area contributed by atoms with E-state index in [2.05, 4.69) is 10.3 Å². The summed E-state index contributed by atoms with van der Waals surface area (Å²) in [5.74, 6) is 0.553. The van der Waals surface area contributed by atoms with E-state index in [-0.39, 0.29) is 12.5 Å². The third kappa shape index (κ3) is 6.95. The standard InChI is InChI=1S/C16H24Cl2N4O2/c1-21(2)15(23)10-20-16(19-7-8-24-4)22(3)11-12-5-6-13(17)14(18)9-12/h5-6,9H,7-8,10-11H2,1-4H3,(H,19,20). The highest BCUT2D eigenvalue weighted by Gasteiger charge is 2.10. The number of halogens is 2. The van der Waals surface area contributed by atoms with Crippen LogP contribution in [-0.4, -0.2) is 69.6 Å². The predicted octanol–water partition coefficient (Wildman–Crippen LogP) is 2.11. The summed E-state index contributed by atoms with van der Waals surface area (Å²) in [5, 5.41) is 4.21. The molecule has 134 valence electrons. The van der Waals surface area contributed by atoms with Crippen LogP contribution >= 0.6 is 23.2 Å². The topological polar surface area (TPSA) is 57.2 Å². The van der Waals surface area contributed by atoms with Gasteiger partial charge in [0.2, 0.25) is 5.91 Å². The second kappa shape index (κ2) is 10.4. The van der Waals surface area contributed by atoms with Crippen molar-refractivity contribution in [3.8, 4) is 0 Å². The van der Waals surface area contributed by atoms with E-state index in [1.165, 1.54) is 4.90 Å². The van der Waals surface area contributed by atoms with Crippen LogP contribution in [-0.2, 0) is 16.1 Å². The molecule has 0 atom stereocenters. The van der Waals surface area contributed by atoms with Crippen LogP contribution < -0.4 is 5.32 Å². The van der Waals surface area contributed by atoms with Crippen LogP contribution in [0.2, 0.25) is 10.0 Å². The van der Waals surface area contributed by atoms with Gasteiger partial charge >= 0.3 is 0 Å². The Hall–Kier alpha value is -1.50. The second-order valence-electron chi connectivity index (χ2n) is 5.45. The Balaban J connectivity index is 2.80. The number of aliphatic imine (C=N–C) groups is 1. The fourth-order valence-corrected chi connectivity index (χ4v) is 2.17. The molecule has 1 aromatic rings. The van der Waals surface area contributed by atoms with Crippen molar-refractivity contribution in [1.29, 1.82) is 0 Å². The summed E-state index contributed by atoms with van der Waals surface area (Å²) in [5.41, 5.74) is 0.993. The number of hydrogen-bond donors (Lipinski definition) is 1. The van der Waals surface area contributed by atoms with Gasteiger partial charge in [0.1, 0.15) is 6.54 Å². The molecule has 1 aromatic carbocycles. The van der Waals surface area contributed by atoms with Gasteiger partial charge < -0.3 is 19.9 Å². The quantitative estimate of drug-likeness (QED) is 0.451. The molecule has 0 saturated heterocycles. The number of hydrogen-bond acceptors (Lipinski definition) is 3. The lowest BCUT2D eigenvalue weighted by Crippen LogP contribution is -2.41. The van der Waals surface area contributed by atoms with E-state index in [0.717, 1.165) is 5.56 Å². The van der Waals surface area contributed by atoms with Crippen LogP contribution in [0.1, 0.15) is 5.56 Å². The van der Waals surface area contributed by atoms with Crippen LogP contribution in [0.25, 0.3) is 0 Å². The molecule has 0 saturated carbocycles. The molecule has 0 aliphatic carbocycles. The Morgan fingerprint density at radius 1 is 1.25 bits per heavy atom. The van der Waals surface area contributed by atoms with Gasteiger partial charge in [-0.3, -0.25) is 4.79 Å². The molecule has 0 unspecified atom stereocenters. The maximum atomic E-state index is 11.8. The van der Waals surface area contributed by atoms with Gasteiger partial charge in [0.15, 0.2) is 5.96 Å². The molecule has 0 aliphatic rings. The monoisotopic (exact) mass is 374 g/mol. The summed E-state index contributed by atoms with van der Waals surface area (Å²) >= 11 is 12.0. The van der Waals surface area contributed by atoms with Crippen LogP contribution in [0.4, 0.5) is 0 Å². The van der Waals surface area contributed by atoms with Gasteiger partial charge in [0, 0.05) is 41.3 Å². The minimum Gasteiger partial charge on any atom is -0.383 e. The molecule has 0 aromatic heterocycles. The fourth-order valence-electron chi connectivity index (χ4n) is 1.85. The minimum absolute atomic E-state index is 0.0658. The number of carbonyl (C=O) groups excluding carboxylic acids is 1. The first-order valence-corrected chi connectivity index (χ1v) is 8.23. The van der Waals surface area contributed by atoms with Crippen molar-refractivity contribution in [3.05, 3.63) is 33.8 Å². The lowest BCUT2D eigenvalue weighted by Gasteiger charge is -2.23. The van der Waals surface area contributed by atoms with Gasteiger partial charge in [-0.2, -0.15) is 0 Å². The molecule has 0 spiro atoms. The van der Waals surface area contributed by atoms with E-state index in [9.17, 15) is 4.79 Å². The van der Waals surface area contributed by atoms with Crippen molar-refractivity contribution in [3.63, 3.8) is 0 Å². The van der Waals surface area contributed by atoms with E-state index in [0.29, 0.717) is 35.7 Å². The molecular formula is C16H24Cl2N4O2. The first-order chi connectivity index (χ1) is 11.3. The molecule has 24 heavy (non-hydrogen) atoms. The van der Waals surface area contributed by atoms with Gasteiger partial charge in [0.25, 0.3) is 0 Å². The SMILES string of the molecule is COCCNC(=NCC(=O)N(C)C)N(C)Cc1ccc(Cl)c(Cl)c1. The van der Waals surface area contributed by atoms with Crippen molar-refractivity contribution < 1.29 is 9.53 Å². The summed E-state index contributed by atoms with van der Waals surface area (Å²) in [6.45, 7) is 1.79. The zero-order chi connectivity index (χ0) is 18.1. The average Bonchev–Trinajstić information content (AvgIpc) is 2.53. The highest BCUT2D eigenvalue weighted by molar-refractivity contribution is 6.42. The smallest absolute Gasteiger partial charge is 0.243 e. The van der Waals surface area contributed by atoms with E-state index < -0.39 is 0 Å². The van der Waals surface area contributed by atoms with E-state index in [1.54, 1.807) is 27.3 Å². The second-order valence-corrected chi connectivity index (χ2v) is 6.27. The zero-order valence-corrected chi connectivity index (χ0v) is 16.0. The highest BCUT2D eigenvalue weighted by Crippen LogP contribution is 2.23. The van der Waals surface area contributed by atoms with E-state index in [1.807, 2.05) is 24.1 Å². The number of methoxy groups -OCH3 is 1. The number of rotatable bonds is 7. The molecule has 0 aliphatic heterocycles. The average molecular weight is 375 g/mol. The Labute approximate surface area is 153 Å². The van der Waals surface area contributed by atoms with Crippen molar-refractivity contribution in [2.24, 2.45) is 4.99 Å². The van der Waals surface area contributed by atoms with E-state index in [4.69, 9.17) is 27.9 Å². The van der Waals surface area contributed by atoms with Crippen LogP contribution in [0, 0.1) is 0 Å². The van der Waals surface area contributed by atoms with Crippen molar-refractivity contribution >= 4 is 35.1 Å². The number of guanidine groups is 1. The molecule has 6 nitrogen and oxygen atoms in total. The predicted molar refractivity (Wildman–Crippen MR) is 98.8 cm³/mol. The van der Waals surface area contributed by atoms with Crippen LogP contribution in [0.15, 0.2) is 23.2 Å². The largest absolute Gasteiger partial charge is 0.383 e. The Kier molecular flexibility index (Phi) is 8.89. The molecule has 1 N–H and O–H groups in total. The number of nitrogens with zero attached hydrogens (tertiary/aromatic N) is 3. The highest BCUT2D eigenvalue weighted by atomic mass is 35.5. The third-order valence-electron chi connectivity index (χ3n) is 3.22. The lowest BCUT2D eigenvalue weighted by atomic mass is 10.2. The normalized spacial score (nSPS) is 11.3. The lowest BCUT2D eigenvalue weighted by molar-refractivity contribution is -0.127. The van der Waals surface area contributed by atoms with Crippen molar-refractivity contribution in [2.75, 3.05) is 47.9 Å². The number of amides is 1. The summed E-state index contributed by atoms with van der Waals surface area (Å²) in [6.07, 6.45) is 0. The van der Waals surface area contributed by atoms with Gasteiger partial charge in [-0.05, 0) is 17.7 Å². The van der Waals surface area contributed by atoms with Gasteiger partial charge in [-0.25, -0.2) is 4.99 Å². The van der Waals surface area contributed by atoms with Gasteiger partial charge in [-0.15, -0.1) is 0 Å². The number of likely N-dealkylation sites (N-methyl/N-ethyl adjacent to an activating group) is 1. The fraction of sp³-hybridized carbons (Fsp3) is 0.500. The summed E-state index contributed by atoms with van der Waals surface area (Å²) < 4.78 is 5.04. The number of ether oxygens (including phenoxy) is 1. The molecular weight excluding hydrogens is 351 g/mol. The zero-order valence-electron chi connectivity index (χ0n) is 14.5. The van der Waals surface area contributed by atoms with Gasteiger partial charge in [-0.1, -0.05) is 29.3 Å². The molecule has 0 fully saturated rings. The van der Waals surface area contributed by atoms with Crippen molar-refractivity contribution in [2.45, 2.75) is 6.54 Å². The van der Waals surface area contributed by atoms with Crippen LogP contribution in [0.3, 0.4) is 0 Å². The number of nitrogens with one attached hydrogen (secondary N) is 1. The summed E-state index contributed by atoms with van der Waals surface area (Å²) in [4.78, 5) is 19.6. The molecule has 0 heterocycles. The van der Waals surface area contributed by atoms with Gasteiger partial charge in [0.05, 0.1) is 16.7 Å². The van der Waals surface area contributed by atoms with E-state index >= 15 is 0 Å². The molecule has 0 bridgehead atoms. The Bertz CT molecular complexity index is 579. The molecule has 1 rings (SSSR count). The summed E-state index contributed by atoms with van der Waals surface area (Å²) in [6, 6.07) is 5.48. The first kappa shape index (κ1) is 20.5. The minimum atomic E-state index is -0.0658. The van der Waals surface area contributed by atoms with Crippen molar-refractivity contribution in [1.82, 2.24) is 15.1 Å². The molecule has 0 radical (unpaired) electrons. The summed E-state index contributed by atoms with van der Waals surface area (Å²) in [7, 11) is 6.93. The first-order valence-electron chi connectivity index (χ1n) is 7.47. The Morgan fingerprint density at radius 2 is 1.96 bits per heavy atom. The number of benzene rings is 1. The third-order valence-corrected chi connectivity index (χ3v) is 3.96. The maximum absolute atomic E-state index is 11.8. The molecule has 1 amide bonds. The molecule has 8 heteroatoms.